The normalized spacial score (nSPS) is 14.4. The van der Waals surface area contributed by atoms with Crippen LogP contribution in [0.1, 0.15) is 50.1 Å². The van der Waals surface area contributed by atoms with E-state index in [0.29, 0.717) is 12.2 Å². The number of aryl methyl sites for hydroxylation is 1. The zero-order valence-corrected chi connectivity index (χ0v) is 10.6. The molecule has 96 valence electrons. The molecule has 0 spiro atoms. The standard InChI is InChI=1S/C11H20N4O2/c1-4-6-8-13-9(15-14-8)10(16)12-7-11(3,17)5-2/h17H,4-7H2,1-3H3,(H,12,16)(H,13,14,15). The zero-order valence-electron chi connectivity index (χ0n) is 10.6. The van der Waals surface area contributed by atoms with Crippen molar-refractivity contribution in [2.24, 2.45) is 0 Å². The Morgan fingerprint density at radius 1 is 1.53 bits per heavy atom. The van der Waals surface area contributed by atoms with Crippen LogP contribution in [0.25, 0.3) is 0 Å². The molecule has 17 heavy (non-hydrogen) atoms. The van der Waals surface area contributed by atoms with Crippen LogP contribution in [0.5, 0.6) is 0 Å². The molecule has 1 unspecified atom stereocenters. The molecule has 1 atom stereocenters. The highest BCUT2D eigenvalue weighted by Crippen LogP contribution is 2.06. The smallest absolute Gasteiger partial charge is 0.291 e. The van der Waals surface area contributed by atoms with Crippen molar-refractivity contribution in [2.75, 3.05) is 6.54 Å². The predicted molar refractivity (Wildman–Crippen MR) is 63.6 cm³/mol. The van der Waals surface area contributed by atoms with Crippen LogP contribution in [0.2, 0.25) is 0 Å². The van der Waals surface area contributed by atoms with Crippen LogP contribution in [0.15, 0.2) is 0 Å². The van der Waals surface area contributed by atoms with Crippen molar-refractivity contribution in [1.82, 2.24) is 20.5 Å². The Morgan fingerprint density at radius 2 is 2.24 bits per heavy atom. The van der Waals surface area contributed by atoms with Gasteiger partial charge in [-0.25, -0.2) is 4.98 Å². The highest BCUT2D eigenvalue weighted by atomic mass is 16.3. The van der Waals surface area contributed by atoms with Crippen LogP contribution in [0.4, 0.5) is 0 Å². The summed E-state index contributed by atoms with van der Waals surface area (Å²) in [4.78, 5) is 15.7. The van der Waals surface area contributed by atoms with Crippen molar-refractivity contribution in [3.63, 3.8) is 0 Å². The van der Waals surface area contributed by atoms with Crippen molar-refractivity contribution in [1.29, 1.82) is 0 Å². The van der Waals surface area contributed by atoms with Crippen LogP contribution >= 0.6 is 0 Å². The average Bonchev–Trinajstić information content (AvgIpc) is 2.75. The van der Waals surface area contributed by atoms with E-state index in [-0.39, 0.29) is 18.3 Å². The molecule has 3 N–H and O–H groups in total. The number of rotatable bonds is 6. The highest BCUT2D eigenvalue weighted by molar-refractivity contribution is 5.90. The molecule has 0 aliphatic heterocycles. The number of carbonyl (C=O) groups excluding carboxylic acids is 1. The molecule has 1 aromatic heterocycles. The number of nitrogens with zero attached hydrogens (tertiary/aromatic N) is 2. The predicted octanol–water partition coefficient (Wildman–Crippen LogP) is 0.648. The minimum atomic E-state index is -0.891. The summed E-state index contributed by atoms with van der Waals surface area (Å²) in [6.45, 7) is 5.76. The third kappa shape index (κ3) is 4.14. The summed E-state index contributed by atoms with van der Waals surface area (Å²) in [5, 5.41) is 18.9. The number of H-pyrrole nitrogens is 1. The fraction of sp³-hybridized carbons (Fsp3) is 0.727. The Bertz CT molecular complexity index is 373. The third-order valence-corrected chi connectivity index (χ3v) is 2.61. The second-order valence-electron chi connectivity index (χ2n) is 4.39. The molecule has 0 aliphatic rings. The largest absolute Gasteiger partial charge is 0.388 e. The maximum absolute atomic E-state index is 11.7. The van der Waals surface area contributed by atoms with Gasteiger partial charge in [-0.15, -0.1) is 5.10 Å². The lowest BCUT2D eigenvalue weighted by Gasteiger charge is -2.20. The number of aromatic nitrogens is 3. The monoisotopic (exact) mass is 240 g/mol. The Labute approximate surface area is 101 Å². The van der Waals surface area contributed by atoms with Crippen LogP contribution < -0.4 is 5.32 Å². The van der Waals surface area contributed by atoms with Crippen molar-refractivity contribution >= 4 is 5.91 Å². The molecule has 0 saturated carbocycles. The van der Waals surface area contributed by atoms with E-state index in [9.17, 15) is 9.90 Å². The molecule has 6 heteroatoms. The topological polar surface area (TPSA) is 90.9 Å². The van der Waals surface area contributed by atoms with E-state index < -0.39 is 5.60 Å². The molecule has 0 aromatic carbocycles. The highest BCUT2D eigenvalue weighted by Gasteiger charge is 2.20. The van der Waals surface area contributed by atoms with Gasteiger partial charge < -0.3 is 10.4 Å². The molecule has 1 aromatic rings. The Morgan fingerprint density at radius 3 is 2.82 bits per heavy atom. The lowest BCUT2D eigenvalue weighted by molar-refractivity contribution is 0.0515. The second-order valence-corrected chi connectivity index (χ2v) is 4.39. The molecule has 0 bridgehead atoms. The first-order chi connectivity index (χ1) is 7.98. The summed E-state index contributed by atoms with van der Waals surface area (Å²) in [5.74, 6) is 0.470. The van der Waals surface area contributed by atoms with Gasteiger partial charge in [-0.3, -0.25) is 9.89 Å². The molecule has 6 nitrogen and oxygen atoms in total. The van der Waals surface area contributed by atoms with E-state index in [1.165, 1.54) is 0 Å². The van der Waals surface area contributed by atoms with E-state index in [1.54, 1.807) is 6.92 Å². The summed E-state index contributed by atoms with van der Waals surface area (Å²) < 4.78 is 0. The average molecular weight is 240 g/mol. The maximum Gasteiger partial charge on any atom is 0.291 e. The summed E-state index contributed by atoms with van der Waals surface area (Å²) in [7, 11) is 0. The Hall–Kier alpha value is -1.43. The van der Waals surface area contributed by atoms with Gasteiger partial charge in [0.15, 0.2) is 0 Å². The van der Waals surface area contributed by atoms with Gasteiger partial charge in [0.1, 0.15) is 5.82 Å². The van der Waals surface area contributed by atoms with E-state index in [0.717, 1.165) is 12.8 Å². The minimum absolute atomic E-state index is 0.125. The molecule has 1 amide bonds. The van der Waals surface area contributed by atoms with Gasteiger partial charge >= 0.3 is 0 Å². The number of amides is 1. The maximum atomic E-state index is 11.7. The van der Waals surface area contributed by atoms with E-state index in [1.807, 2.05) is 13.8 Å². The van der Waals surface area contributed by atoms with Crippen molar-refractivity contribution in [3.05, 3.63) is 11.6 Å². The number of aliphatic hydroxyl groups is 1. The van der Waals surface area contributed by atoms with Crippen molar-refractivity contribution in [2.45, 2.75) is 45.6 Å². The SMILES string of the molecule is CCCc1nc(C(=O)NCC(C)(O)CC)n[nH]1. The Kier molecular flexibility index (Phi) is 4.62. The summed E-state index contributed by atoms with van der Waals surface area (Å²) >= 11 is 0. The summed E-state index contributed by atoms with van der Waals surface area (Å²) in [5.41, 5.74) is -0.891. The van der Waals surface area contributed by atoms with E-state index >= 15 is 0 Å². The first kappa shape index (κ1) is 13.6. The van der Waals surface area contributed by atoms with Crippen molar-refractivity contribution in [3.8, 4) is 0 Å². The first-order valence-electron chi connectivity index (χ1n) is 5.90. The third-order valence-electron chi connectivity index (χ3n) is 2.61. The van der Waals surface area contributed by atoms with E-state index in [4.69, 9.17) is 0 Å². The van der Waals surface area contributed by atoms with Gasteiger partial charge in [-0.1, -0.05) is 13.8 Å². The molecule has 0 saturated heterocycles. The van der Waals surface area contributed by atoms with Crippen LogP contribution in [0.3, 0.4) is 0 Å². The van der Waals surface area contributed by atoms with Gasteiger partial charge in [0.25, 0.3) is 5.91 Å². The Balaban J connectivity index is 2.52. The molecule has 1 rings (SSSR count). The number of nitrogens with one attached hydrogen (secondary N) is 2. The molecule has 1 heterocycles. The number of carbonyl (C=O) groups is 1. The van der Waals surface area contributed by atoms with Gasteiger partial charge in [0, 0.05) is 13.0 Å². The van der Waals surface area contributed by atoms with Gasteiger partial charge in [-0.05, 0) is 19.8 Å². The van der Waals surface area contributed by atoms with E-state index in [2.05, 4.69) is 20.5 Å². The van der Waals surface area contributed by atoms with Crippen molar-refractivity contribution < 1.29 is 9.90 Å². The van der Waals surface area contributed by atoms with Crippen LogP contribution in [-0.2, 0) is 6.42 Å². The molecular formula is C11H20N4O2. The first-order valence-corrected chi connectivity index (χ1v) is 5.90. The van der Waals surface area contributed by atoms with Crippen LogP contribution in [0, 0.1) is 0 Å². The number of aromatic amines is 1. The fourth-order valence-corrected chi connectivity index (χ4v) is 1.22. The van der Waals surface area contributed by atoms with Gasteiger partial charge in [-0.2, -0.15) is 0 Å². The summed E-state index contributed by atoms with van der Waals surface area (Å²) in [6, 6.07) is 0. The lowest BCUT2D eigenvalue weighted by atomic mass is 10.0. The number of hydrogen-bond acceptors (Lipinski definition) is 4. The van der Waals surface area contributed by atoms with Gasteiger partial charge in [0.2, 0.25) is 5.82 Å². The molecule has 0 aliphatic carbocycles. The fourth-order valence-electron chi connectivity index (χ4n) is 1.22. The lowest BCUT2D eigenvalue weighted by Crippen LogP contribution is -2.40. The quantitative estimate of drug-likeness (QED) is 0.680. The molecule has 0 radical (unpaired) electrons. The number of hydrogen-bond donors (Lipinski definition) is 3. The van der Waals surface area contributed by atoms with Gasteiger partial charge in [0.05, 0.1) is 5.60 Å². The molecular weight excluding hydrogens is 220 g/mol. The minimum Gasteiger partial charge on any atom is -0.388 e. The zero-order chi connectivity index (χ0) is 12.9. The van der Waals surface area contributed by atoms with Crippen LogP contribution in [-0.4, -0.2) is 38.3 Å². The summed E-state index contributed by atoms with van der Waals surface area (Å²) in [6.07, 6.45) is 2.29. The molecule has 0 fully saturated rings. The second kappa shape index (κ2) is 5.77.